The van der Waals surface area contributed by atoms with Crippen LogP contribution in [-0.2, 0) is 0 Å². The minimum absolute atomic E-state index is 1.03. The summed E-state index contributed by atoms with van der Waals surface area (Å²) in [6, 6.07) is 14.3. The van der Waals surface area contributed by atoms with Crippen molar-refractivity contribution >= 4 is 0 Å². The highest BCUT2D eigenvalue weighted by atomic mass is 14.7. The molecule has 0 fully saturated rings. The van der Waals surface area contributed by atoms with Gasteiger partial charge in [-0.3, -0.25) is 4.98 Å². The summed E-state index contributed by atoms with van der Waals surface area (Å²) < 4.78 is 0. The molecular weight excluding hydrogens is 254 g/mol. The van der Waals surface area contributed by atoms with Gasteiger partial charge in [-0.25, -0.2) is 0 Å². The molecule has 0 aliphatic carbocycles. The van der Waals surface area contributed by atoms with E-state index in [9.17, 15) is 0 Å². The van der Waals surface area contributed by atoms with Crippen LogP contribution in [-0.4, -0.2) is 4.98 Å². The van der Waals surface area contributed by atoms with Crippen molar-refractivity contribution in [1.29, 1.82) is 0 Å². The van der Waals surface area contributed by atoms with Crippen LogP contribution < -0.4 is 0 Å². The molecule has 1 aromatic heterocycles. The molecule has 21 heavy (non-hydrogen) atoms. The lowest BCUT2D eigenvalue weighted by Crippen LogP contribution is -1.82. The van der Waals surface area contributed by atoms with Crippen LogP contribution in [0.1, 0.15) is 57.9 Å². The first-order valence-electron chi connectivity index (χ1n) is 8.26. The van der Waals surface area contributed by atoms with Crippen molar-refractivity contribution in [3.63, 3.8) is 0 Å². The molecule has 0 radical (unpaired) electrons. The summed E-state index contributed by atoms with van der Waals surface area (Å²) >= 11 is 0. The van der Waals surface area contributed by atoms with Gasteiger partial charge in [-0.2, -0.15) is 0 Å². The average Bonchev–Trinajstić information content (AvgIpc) is 2.54. The molecule has 0 bridgehead atoms. The molecule has 1 nitrogen and oxygen atoms in total. The van der Waals surface area contributed by atoms with Crippen LogP contribution in [0.2, 0.25) is 0 Å². The number of unbranched alkanes of at least 4 members (excludes halogenated alkanes) is 5. The van der Waals surface area contributed by atoms with Gasteiger partial charge < -0.3 is 0 Å². The van der Waals surface area contributed by atoms with Crippen molar-refractivity contribution in [2.75, 3.05) is 0 Å². The topological polar surface area (TPSA) is 12.9 Å². The quantitative estimate of drug-likeness (QED) is 0.557. The van der Waals surface area contributed by atoms with Crippen molar-refractivity contribution in [2.24, 2.45) is 0 Å². The summed E-state index contributed by atoms with van der Waals surface area (Å²) in [5.41, 5.74) is 3.40. The Morgan fingerprint density at radius 1 is 0.762 bits per heavy atom. The molecule has 0 saturated carbocycles. The zero-order valence-corrected chi connectivity index (χ0v) is 13.8. The van der Waals surface area contributed by atoms with Gasteiger partial charge in [-0.05, 0) is 18.6 Å². The maximum absolute atomic E-state index is 4.35. The van der Waals surface area contributed by atoms with Crippen LogP contribution in [0.25, 0.3) is 11.3 Å². The third-order valence-corrected chi connectivity index (χ3v) is 3.44. The number of rotatable bonds is 6. The Hall–Kier alpha value is -1.63. The van der Waals surface area contributed by atoms with E-state index in [4.69, 9.17) is 0 Å². The molecule has 114 valence electrons. The fraction of sp³-hybridized carbons (Fsp3) is 0.450. The Morgan fingerprint density at radius 3 is 1.86 bits per heavy atom. The van der Waals surface area contributed by atoms with Crippen molar-refractivity contribution in [3.05, 3.63) is 54.2 Å². The van der Waals surface area contributed by atoms with Gasteiger partial charge in [0.15, 0.2) is 0 Å². The Kier molecular flexibility index (Phi) is 9.19. The number of aryl methyl sites for hydroxylation is 1. The maximum Gasteiger partial charge on any atom is 0.0702 e. The van der Waals surface area contributed by atoms with Crippen LogP contribution in [0.3, 0.4) is 0 Å². The molecule has 0 amide bonds. The molecule has 2 aromatic rings. The number of benzene rings is 1. The van der Waals surface area contributed by atoms with E-state index in [2.05, 4.69) is 37.0 Å². The molecule has 0 atom stereocenters. The summed E-state index contributed by atoms with van der Waals surface area (Å²) in [6.45, 7) is 6.56. The van der Waals surface area contributed by atoms with Crippen molar-refractivity contribution in [1.82, 2.24) is 4.98 Å². The summed E-state index contributed by atoms with van der Waals surface area (Å²) in [5, 5.41) is 0. The van der Waals surface area contributed by atoms with E-state index in [0.29, 0.717) is 0 Å². The number of hydrogen-bond acceptors (Lipinski definition) is 1. The summed E-state index contributed by atoms with van der Waals surface area (Å²) in [7, 11) is 0. The molecule has 0 unspecified atom stereocenters. The predicted molar refractivity (Wildman–Crippen MR) is 93.5 cm³/mol. The third-order valence-electron chi connectivity index (χ3n) is 3.44. The molecule has 0 saturated heterocycles. The lowest BCUT2D eigenvalue weighted by atomic mass is 10.1. The number of nitrogens with zero attached hydrogens (tertiary/aromatic N) is 1. The highest BCUT2D eigenvalue weighted by molar-refractivity contribution is 5.58. The molecule has 1 heterocycles. The fourth-order valence-corrected chi connectivity index (χ4v) is 2.10. The second-order valence-electron chi connectivity index (χ2n) is 5.50. The van der Waals surface area contributed by atoms with Crippen molar-refractivity contribution in [2.45, 2.75) is 59.3 Å². The largest absolute Gasteiger partial charge is 0.256 e. The first kappa shape index (κ1) is 17.4. The summed E-state index contributed by atoms with van der Waals surface area (Å²) in [5.74, 6) is 0. The summed E-state index contributed by atoms with van der Waals surface area (Å²) in [4.78, 5) is 4.35. The van der Waals surface area contributed by atoms with Gasteiger partial charge in [-0.15, -0.1) is 0 Å². The number of pyridine rings is 1. The average molecular weight is 283 g/mol. The van der Waals surface area contributed by atoms with Crippen molar-refractivity contribution < 1.29 is 0 Å². The maximum atomic E-state index is 4.35. The number of aromatic nitrogens is 1. The van der Waals surface area contributed by atoms with Crippen LogP contribution in [0, 0.1) is 6.92 Å². The Bertz CT molecular complexity index is 453. The first-order chi connectivity index (χ1) is 10.3. The highest BCUT2D eigenvalue weighted by Crippen LogP contribution is 2.15. The van der Waals surface area contributed by atoms with E-state index in [0.717, 1.165) is 5.69 Å². The summed E-state index contributed by atoms with van der Waals surface area (Å²) in [6.07, 6.45) is 10.4. The van der Waals surface area contributed by atoms with Crippen LogP contribution in [0.15, 0.2) is 48.7 Å². The molecule has 0 N–H and O–H groups in total. The van der Waals surface area contributed by atoms with E-state index < -0.39 is 0 Å². The van der Waals surface area contributed by atoms with E-state index in [1.807, 2.05) is 37.4 Å². The molecule has 1 heteroatoms. The fourth-order valence-electron chi connectivity index (χ4n) is 2.10. The standard InChI is InChI=1S/C12H11N.C8H18/c1-10-7-8-12(13-9-10)11-5-3-2-4-6-11;1-3-5-7-8-6-4-2/h2-9H,1H3;3-8H2,1-2H3. The smallest absolute Gasteiger partial charge is 0.0702 e. The Labute approximate surface area is 130 Å². The SMILES string of the molecule is CCCCCCCC.Cc1ccc(-c2ccccc2)nc1. The molecule has 1 aromatic carbocycles. The minimum Gasteiger partial charge on any atom is -0.256 e. The Balaban J connectivity index is 0.000000240. The van der Waals surface area contributed by atoms with Gasteiger partial charge in [0.05, 0.1) is 5.69 Å². The number of hydrogen-bond donors (Lipinski definition) is 0. The van der Waals surface area contributed by atoms with Gasteiger partial charge in [0.2, 0.25) is 0 Å². The van der Waals surface area contributed by atoms with Gasteiger partial charge in [0.1, 0.15) is 0 Å². The van der Waals surface area contributed by atoms with Crippen LogP contribution in [0.5, 0.6) is 0 Å². The van der Waals surface area contributed by atoms with E-state index in [1.54, 1.807) is 0 Å². The predicted octanol–water partition coefficient (Wildman–Crippen LogP) is 6.42. The second kappa shape index (κ2) is 11.1. The first-order valence-corrected chi connectivity index (χ1v) is 8.26. The second-order valence-corrected chi connectivity index (χ2v) is 5.50. The van der Waals surface area contributed by atoms with Crippen LogP contribution >= 0.6 is 0 Å². The Morgan fingerprint density at radius 2 is 1.38 bits per heavy atom. The molecule has 0 aliphatic rings. The molecule has 2 rings (SSSR count). The van der Waals surface area contributed by atoms with Crippen LogP contribution in [0.4, 0.5) is 0 Å². The molecule has 0 spiro atoms. The third kappa shape index (κ3) is 7.65. The zero-order chi connectivity index (χ0) is 15.3. The van der Waals surface area contributed by atoms with Gasteiger partial charge in [0, 0.05) is 11.8 Å². The van der Waals surface area contributed by atoms with E-state index >= 15 is 0 Å². The lowest BCUT2D eigenvalue weighted by Gasteiger charge is -1.99. The van der Waals surface area contributed by atoms with Crippen molar-refractivity contribution in [3.8, 4) is 11.3 Å². The highest BCUT2D eigenvalue weighted by Gasteiger charge is 1.95. The van der Waals surface area contributed by atoms with Gasteiger partial charge in [-0.1, -0.05) is 88.8 Å². The van der Waals surface area contributed by atoms with E-state index in [-0.39, 0.29) is 0 Å². The monoisotopic (exact) mass is 283 g/mol. The van der Waals surface area contributed by atoms with E-state index in [1.165, 1.54) is 49.7 Å². The molecular formula is C20H29N. The normalized spacial score (nSPS) is 9.86. The lowest BCUT2D eigenvalue weighted by molar-refractivity contribution is 0.624. The van der Waals surface area contributed by atoms with Gasteiger partial charge in [0.25, 0.3) is 0 Å². The zero-order valence-electron chi connectivity index (χ0n) is 13.8. The molecule has 0 aliphatic heterocycles. The minimum atomic E-state index is 1.03. The van der Waals surface area contributed by atoms with Gasteiger partial charge >= 0.3 is 0 Å².